The van der Waals surface area contributed by atoms with E-state index in [1.807, 2.05) is 36.1 Å². The summed E-state index contributed by atoms with van der Waals surface area (Å²) in [5, 5.41) is 11.0. The van der Waals surface area contributed by atoms with Gasteiger partial charge in [0.15, 0.2) is 11.2 Å². The predicted molar refractivity (Wildman–Crippen MR) is 103 cm³/mol. The molecule has 0 saturated heterocycles. The van der Waals surface area contributed by atoms with Crippen molar-refractivity contribution in [1.29, 1.82) is 0 Å². The van der Waals surface area contributed by atoms with Gasteiger partial charge in [-0.2, -0.15) is 4.98 Å². The third kappa shape index (κ3) is 2.96. The molecule has 0 fully saturated rings. The number of hydrogen-bond acceptors (Lipinski definition) is 7. The molecular formula is C19H20N5O5-. The molecule has 10 nitrogen and oxygen atoms in total. The van der Waals surface area contributed by atoms with Crippen LogP contribution in [-0.4, -0.2) is 38.3 Å². The highest BCUT2D eigenvalue weighted by Crippen LogP contribution is 2.34. The lowest BCUT2D eigenvalue weighted by Gasteiger charge is -2.33. The summed E-state index contributed by atoms with van der Waals surface area (Å²) in [6.45, 7) is 2.42. The summed E-state index contributed by atoms with van der Waals surface area (Å²) >= 11 is 0. The van der Waals surface area contributed by atoms with Gasteiger partial charge in [-0.25, -0.2) is 4.79 Å². The molecular weight excluding hydrogens is 378 g/mol. The number of carbonyl (C=O) groups is 1. The molecule has 0 N–H and O–H groups in total. The van der Waals surface area contributed by atoms with Gasteiger partial charge in [0.2, 0.25) is 5.95 Å². The summed E-state index contributed by atoms with van der Waals surface area (Å²) in [7, 11) is 3.05. The first-order valence-corrected chi connectivity index (χ1v) is 9.13. The molecule has 3 aromatic rings. The van der Waals surface area contributed by atoms with E-state index < -0.39 is 23.8 Å². The molecule has 0 radical (unpaired) electrons. The molecule has 3 heterocycles. The minimum atomic E-state index is -1.51. The van der Waals surface area contributed by atoms with Crippen LogP contribution in [0.1, 0.15) is 6.92 Å². The Kier molecular flexibility index (Phi) is 4.40. The number of hydrogen-bond donors (Lipinski definition) is 0. The number of imidazole rings is 1. The average molecular weight is 398 g/mol. The summed E-state index contributed by atoms with van der Waals surface area (Å²) in [4.78, 5) is 43.1. The summed E-state index contributed by atoms with van der Waals surface area (Å²) in [5.41, 5.74) is -0.184. The molecule has 1 aromatic carbocycles. The van der Waals surface area contributed by atoms with Gasteiger partial charge in [-0.3, -0.25) is 13.9 Å². The Bertz CT molecular complexity index is 1240. The second-order valence-electron chi connectivity index (χ2n) is 7.22. The summed E-state index contributed by atoms with van der Waals surface area (Å²) in [6, 6.07) is 7.48. The lowest BCUT2D eigenvalue weighted by Crippen LogP contribution is -2.44. The number of aliphatic carboxylic acids is 1. The van der Waals surface area contributed by atoms with E-state index in [4.69, 9.17) is 4.74 Å². The Balaban J connectivity index is 1.99. The number of methoxy groups -OCH3 is 1. The Morgan fingerprint density at radius 1 is 1.31 bits per heavy atom. The summed E-state index contributed by atoms with van der Waals surface area (Å²) in [6.07, 6.45) is 0. The fourth-order valence-corrected chi connectivity index (χ4v) is 3.77. The highest BCUT2D eigenvalue weighted by atomic mass is 16.5. The fourth-order valence-electron chi connectivity index (χ4n) is 3.77. The smallest absolute Gasteiger partial charge is 0.332 e. The molecule has 2 aromatic heterocycles. The molecule has 0 bridgehead atoms. The maximum Gasteiger partial charge on any atom is 0.332 e. The fraction of sp³-hybridized carbons (Fsp3) is 0.368. The molecule has 0 spiro atoms. The highest BCUT2D eigenvalue weighted by Gasteiger charge is 2.30. The molecule has 10 heteroatoms. The molecule has 152 valence electrons. The van der Waals surface area contributed by atoms with E-state index in [0.29, 0.717) is 29.4 Å². The maximum absolute atomic E-state index is 13.0. The zero-order chi connectivity index (χ0) is 20.9. The van der Waals surface area contributed by atoms with Crippen LogP contribution in [0.5, 0.6) is 5.75 Å². The average Bonchev–Trinajstić information content (AvgIpc) is 3.08. The molecule has 0 unspecified atom stereocenters. The summed E-state index contributed by atoms with van der Waals surface area (Å²) in [5.74, 6) is -0.123. The third-order valence-electron chi connectivity index (χ3n) is 5.09. The lowest BCUT2D eigenvalue weighted by molar-refractivity contribution is -0.306. The second kappa shape index (κ2) is 6.80. The van der Waals surface area contributed by atoms with Crippen molar-refractivity contribution in [2.45, 2.75) is 20.0 Å². The Morgan fingerprint density at radius 3 is 2.76 bits per heavy atom. The number of anilines is 2. The molecule has 1 aliphatic heterocycles. The first-order valence-electron chi connectivity index (χ1n) is 9.13. The third-order valence-corrected chi connectivity index (χ3v) is 5.09. The number of ether oxygens (including phenoxy) is 1. The minimum Gasteiger partial charge on any atom is -0.548 e. The number of fused-ring (bicyclic) bond motifs is 3. The maximum atomic E-state index is 13.0. The van der Waals surface area contributed by atoms with Crippen molar-refractivity contribution in [3.8, 4) is 5.75 Å². The minimum absolute atomic E-state index is 0.178. The van der Waals surface area contributed by atoms with E-state index in [2.05, 4.69) is 4.98 Å². The molecule has 0 amide bonds. The number of nitrogens with zero attached hydrogens (tertiary/aromatic N) is 5. The van der Waals surface area contributed by atoms with Crippen molar-refractivity contribution in [1.82, 2.24) is 18.7 Å². The highest BCUT2D eigenvalue weighted by molar-refractivity contribution is 5.77. The van der Waals surface area contributed by atoms with E-state index in [9.17, 15) is 19.5 Å². The second-order valence-corrected chi connectivity index (χ2v) is 7.22. The van der Waals surface area contributed by atoms with Gasteiger partial charge in [-0.15, -0.1) is 0 Å². The molecule has 29 heavy (non-hydrogen) atoms. The van der Waals surface area contributed by atoms with Gasteiger partial charge in [0, 0.05) is 31.9 Å². The number of aryl methyl sites for hydroxylation is 1. The normalized spacial score (nSPS) is 16.1. The van der Waals surface area contributed by atoms with E-state index in [0.717, 1.165) is 5.69 Å². The van der Waals surface area contributed by atoms with Crippen LogP contribution in [0.3, 0.4) is 0 Å². The van der Waals surface area contributed by atoms with Gasteiger partial charge < -0.3 is 24.1 Å². The van der Waals surface area contributed by atoms with Crippen LogP contribution in [0.4, 0.5) is 11.6 Å². The van der Waals surface area contributed by atoms with E-state index >= 15 is 0 Å². The zero-order valence-electron chi connectivity index (χ0n) is 16.3. The van der Waals surface area contributed by atoms with Crippen molar-refractivity contribution >= 4 is 28.8 Å². The molecule has 1 atom stereocenters. The quantitative estimate of drug-likeness (QED) is 0.579. The standard InChI is InChI=1S/C19H21N5O5/c1-11-8-22(12-5-4-6-13(7-12)29-3)18-20-16-15(23(18)9-11)17(27)24(10-14(25)26)19(28)21(16)2/h4-7,11H,8-10H2,1-3H3,(H,25,26)/p-1/t11-/m1/s1. The van der Waals surface area contributed by atoms with Crippen LogP contribution >= 0.6 is 0 Å². The van der Waals surface area contributed by atoms with Gasteiger partial charge in [-0.1, -0.05) is 13.0 Å². The van der Waals surface area contributed by atoms with E-state index in [1.165, 1.54) is 11.6 Å². The molecule has 1 aliphatic rings. The lowest BCUT2D eigenvalue weighted by atomic mass is 10.1. The zero-order valence-corrected chi connectivity index (χ0v) is 16.3. The van der Waals surface area contributed by atoms with Crippen molar-refractivity contribution in [3.05, 3.63) is 45.1 Å². The Morgan fingerprint density at radius 2 is 2.07 bits per heavy atom. The van der Waals surface area contributed by atoms with Crippen molar-refractivity contribution < 1.29 is 14.6 Å². The van der Waals surface area contributed by atoms with Gasteiger partial charge >= 0.3 is 5.69 Å². The van der Waals surface area contributed by atoms with Gasteiger partial charge in [0.1, 0.15) is 5.75 Å². The van der Waals surface area contributed by atoms with Crippen LogP contribution in [-0.2, 0) is 24.9 Å². The summed E-state index contributed by atoms with van der Waals surface area (Å²) < 4.78 is 8.92. The van der Waals surface area contributed by atoms with Crippen molar-refractivity contribution in [2.75, 3.05) is 18.6 Å². The van der Waals surface area contributed by atoms with Crippen LogP contribution in [0.15, 0.2) is 33.9 Å². The first kappa shape index (κ1) is 18.8. The Hall–Kier alpha value is -3.56. The van der Waals surface area contributed by atoms with Crippen molar-refractivity contribution in [2.24, 2.45) is 13.0 Å². The first-order chi connectivity index (χ1) is 13.8. The predicted octanol–water partition coefficient (Wildman–Crippen LogP) is -0.557. The van der Waals surface area contributed by atoms with Crippen LogP contribution in [0.25, 0.3) is 11.2 Å². The monoisotopic (exact) mass is 398 g/mol. The number of carboxylic acids is 1. The molecule has 4 rings (SSSR count). The van der Waals surface area contributed by atoms with Gasteiger partial charge in [0.25, 0.3) is 5.56 Å². The number of aromatic nitrogens is 4. The van der Waals surface area contributed by atoms with Crippen LogP contribution in [0.2, 0.25) is 0 Å². The van der Waals surface area contributed by atoms with Crippen LogP contribution < -0.4 is 26.0 Å². The molecule has 0 aliphatic carbocycles. The SMILES string of the molecule is COc1cccc(N2C[C@@H](C)Cn3c2nc2c3c(=O)n(CC(=O)[O-])c(=O)n2C)c1. The van der Waals surface area contributed by atoms with Crippen molar-refractivity contribution in [3.63, 3.8) is 0 Å². The topological polar surface area (TPSA) is 114 Å². The number of carboxylic acid groups (broad SMARTS) is 1. The largest absolute Gasteiger partial charge is 0.548 e. The molecule has 0 saturated carbocycles. The Labute approximate surface area is 165 Å². The van der Waals surface area contributed by atoms with Gasteiger partial charge in [0.05, 0.1) is 19.6 Å². The number of rotatable bonds is 4. The number of carbonyl (C=O) groups excluding carboxylic acids is 1. The van der Waals surface area contributed by atoms with Crippen LogP contribution in [0, 0.1) is 5.92 Å². The van der Waals surface area contributed by atoms with E-state index in [-0.39, 0.29) is 17.1 Å². The van der Waals surface area contributed by atoms with Gasteiger partial charge in [-0.05, 0) is 18.1 Å². The van der Waals surface area contributed by atoms with E-state index in [1.54, 1.807) is 11.7 Å². The number of benzene rings is 1.